The van der Waals surface area contributed by atoms with E-state index in [0.717, 1.165) is 47.0 Å². The van der Waals surface area contributed by atoms with Crippen molar-refractivity contribution in [2.45, 2.75) is 65.7 Å². The fourth-order valence-electron chi connectivity index (χ4n) is 6.13. The molecule has 2 amide bonds. The van der Waals surface area contributed by atoms with Crippen molar-refractivity contribution in [3.05, 3.63) is 99.5 Å². The Labute approximate surface area is 248 Å². The molecule has 0 bridgehead atoms. The number of alkyl halides is 3. The lowest BCUT2D eigenvalue weighted by molar-refractivity contribution is -0.138. The van der Waals surface area contributed by atoms with E-state index in [1.807, 2.05) is 22.6 Å². The van der Waals surface area contributed by atoms with E-state index >= 15 is 4.39 Å². The normalized spacial score (nSPS) is 14.4. The van der Waals surface area contributed by atoms with Crippen molar-refractivity contribution < 1.29 is 22.4 Å². The van der Waals surface area contributed by atoms with Crippen molar-refractivity contribution in [3.63, 3.8) is 0 Å². The van der Waals surface area contributed by atoms with Crippen LogP contribution in [0.3, 0.4) is 0 Å². The van der Waals surface area contributed by atoms with E-state index in [1.54, 1.807) is 13.0 Å². The van der Waals surface area contributed by atoms with Crippen LogP contribution in [0, 0.1) is 12.7 Å². The Bertz CT molecular complexity index is 1650. The van der Waals surface area contributed by atoms with Gasteiger partial charge < -0.3 is 11.1 Å². The van der Waals surface area contributed by atoms with Crippen LogP contribution in [0.5, 0.6) is 0 Å². The van der Waals surface area contributed by atoms with Gasteiger partial charge in [0.25, 0.3) is 0 Å². The minimum Gasteiger partial charge on any atom is -0.351 e. The fourth-order valence-corrected chi connectivity index (χ4v) is 6.13. The zero-order valence-electron chi connectivity index (χ0n) is 24.6. The first-order valence-electron chi connectivity index (χ1n) is 14.4. The number of para-hydroxylation sites is 1. The molecule has 1 aliphatic rings. The van der Waals surface area contributed by atoms with Crippen LogP contribution in [0.25, 0.3) is 16.9 Å². The number of aryl methyl sites for hydroxylation is 3. The molecule has 3 N–H and O–H groups in total. The Morgan fingerprint density at radius 1 is 1.07 bits per heavy atom. The summed E-state index contributed by atoms with van der Waals surface area (Å²) in [6.45, 7) is 8.59. The third-order valence-corrected chi connectivity index (χ3v) is 8.33. The van der Waals surface area contributed by atoms with E-state index in [2.05, 4.69) is 31.3 Å². The van der Waals surface area contributed by atoms with Gasteiger partial charge in [-0.3, -0.25) is 4.90 Å². The van der Waals surface area contributed by atoms with Gasteiger partial charge in [0.2, 0.25) is 0 Å². The molecule has 226 valence electrons. The Balaban J connectivity index is 1.70. The molecular formula is C33H35F4N5O. The van der Waals surface area contributed by atoms with Crippen LogP contribution >= 0.6 is 0 Å². The molecule has 43 heavy (non-hydrogen) atoms. The number of anilines is 1. The number of hydrogen-bond acceptors (Lipinski definition) is 3. The molecule has 1 aromatic heterocycles. The first-order valence-corrected chi connectivity index (χ1v) is 14.4. The molecule has 1 atom stereocenters. The number of carbonyl (C=O) groups excluding carboxylic acids is 1. The molecule has 10 heteroatoms. The third-order valence-electron chi connectivity index (χ3n) is 8.33. The molecule has 6 nitrogen and oxygen atoms in total. The number of rotatable bonds is 7. The van der Waals surface area contributed by atoms with Crippen LogP contribution in [-0.2, 0) is 32.0 Å². The second-order valence-corrected chi connectivity index (χ2v) is 10.9. The average Bonchev–Trinajstić information content (AvgIpc) is 3.35. The Kier molecular flexibility index (Phi) is 8.34. The van der Waals surface area contributed by atoms with Gasteiger partial charge in [0, 0.05) is 36.7 Å². The first kappa shape index (κ1) is 30.3. The Hall–Kier alpha value is -4.18. The van der Waals surface area contributed by atoms with Gasteiger partial charge in [0.1, 0.15) is 5.82 Å². The molecule has 0 saturated carbocycles. The lowest BCUT2D eigenvalue weighted by atomic mass is 9.94. The van der Waals surface area contributed by atoms with Crippen molar-refractivity contribution >= 4 is 11.7 Å². The van der Waals surface area contributed by atoms with Crippen LogP contribution in [0.2, 0.25) is 0 Å². The highest BCUT2D eigenvalue weighted by molar-refractivity contribution is 5.89. The molecule has 0 spiro atoms. The molecule has 0 saturated heterocycles. The van der Waals surface area contributed by atoms with E-state index < -0.39 is 29.6 Å². The summed E-state index contributed by atoms with van der Waals surface area (Å²) in [5, 5.41) is 7.41. The molecular weight excluding hydrogens is 558 g/mol. The second kappa shape index (κ2) is 11.8. The maximum Gasteiger partial charge on any atom is 0.416 e. The second-order valence-electron chi connectivity index (χ2n) is 10.9. The predicted octanol–water partition coefficient (Wildman–Crippen LogP) is 7.74. The number of halogens is 4. The third kappa shape index (κ3) is 5.76. The summed E-state index contributed by atoms with van der Waals surface area (Å²) in [6.07, 6.45) is -2.46. The zero-order valence-corrected chi connectivity index (χ0v) is 24.6. The van der Waals surface area contributed by atoms with E-state index in [0.29, 0.717) is 36.3 Å². The van der Waals surface area contributed by atoms with Crippen molar-refractivity contribution in [2.24, 2.45) is 5.73 Å². The van der Waals surface area contributed by atoms with Crippen LogP contribution in [0.1, 0.15) is 65.9 Å². The van der Waals surface area contributed by atoms with Gasteiger partial charge in [-0.05, 0) is 67.1 Å². The number of benzene rings is 3. The minimum absolute atomic E-state index is 0.0316. The van der Waals surface area contributed by atoms with E-state index in [9.17, 15) is 18.0 Å². The molecule has 1 aliphatic heterocycles. The summed E-state index contributed by atoms with van der Waals surface area (Å²) < 4.78 is 59.1. The molecule has 4 aromatic rings. The van der Waals surface area contributed by atoms with Gasteiger partial charge in [0.05, 0.1) is 28.3 Å². The van der Waals surface area contributed by atoms with Gasteiger partial charge in [-0.2, -0.15) is 18.3 Å². The monoisotopic (exact) mass is 593 g/mol. The van der Waals surface area contributed by atoms with Crippen molar-refractivity contribution in [2.75, 3.05) is 11.9 Å². The van der Waals surface area contributed by atoms with Gasteiger partial charge in [0.15, 0.2) is 0 Å². The summed E-state index contributed by atoms with van der Waals surface area (Å²) in [4.78, 5) is 13.5. The highest BCUT2D eigenvalue weighted by Crippen LogP contribution is 2.41. The highest BCUT2D eigenvalue weighted by atomic mass is 19.4. The van der Waals surface area contributed by atoms with Crippen LogP contribution in [-0.4, -0.2) is 27.3 Å². The predicted molar refractivity (Wildman–Crippen MR) is 160 cm³/mol. The molecule has 2 heterocycles. The summed E-state index contributed by atoms with van der Waals surface area (Å²) >= 11 is 0. The van der Waals surface area contributed by atoms with Crippen LogP contribution in [0.4, 0.5) is 28.0 Å². The topological polar surface area (TPSA) is 76.2 Å². The number of carbonyl (C=O) groups is 1. The lowest BCUT2D eigenvalue weighted by Gasteiger charge is -2.34. The quantitative estimate of drug-likeness (QED) is 0.215. The SMILES string of the molecule is CCc1cccc(CC)c1-n1nc2c(c1-c1cc(F)c(NC(N)=O)cc1C)CN(C(C)c1ccccc1C(F)(F)F)CC2. The van der Waals surface area contributed by atoms with Crippen LogP contribution < -0.4 is 11.1 Å². The summed E-state index contributed by atoms with van der Waals surface area (Å²) in [5.41, 5.74) is 11.5. The average molecular weight is 594 g/mol. The minimum atomic E-state index is -4.47. The summed E-state index contributed by atoms with van der Waals surface area (Å²) in [5.74, 6) is -0.652. The number of nitrogens with two attached hydrogens (primary N) is 1. The van der Waals surface area contributed by atoms with Crippen molar-refractivity contribution in [1.29, 1.82) is 0 Å². The number of amides is 2. The van der Waals surface area contributed by atoms with E-state index in [1.165, 1.54) is 24.3 Å². The molecule has 0 aliphatic carbocycles. The number of nitrogens with zero attached hydrogens (tertiary/aromatic N) is 3. The number of hydrogen-bond donors (Lipinski definition) is 2. The lowest BCUT2D eigenvalue weighted by Crippen LogP contribution is -2.33. The van der Waals surface area contributed by atoms with Gasteiger partial charge in [-0.15, -0.1) is 0 Å². The van der Waals surface area contributed by atoms with Gasteiger partial charge in [-0.25, -0.2) is 13.9 Å². The fraction of sp³-hybridized carbons (Fsp3) is 0.333. The number of fused-ring (bicyclic) bond motifs is 1. The first-order chi connectivity index (χ1) is 20.4. The van der Waals surface area contributed by atoms with E-state index in [-0.39, 0.29) is 11.3 Å². The van der Waals surface area contributed by atoms with E-state index in [4.69, 9.17) is 10.8 Å². The number of aromatic nitrogens is 2. The molecule has 3 aromatic carbocycles. The van der Waals surface area contributed by atoms with Crippen molar-refractivity contribution in [1.82, 2.24) is 14.7 Å². The Morgan fingerprint density at radius 2 is 1.74 bits per heavy atom. The molecule has 1 unspecified atom stereocenters. The highest BCUT2D eigenvalue weighted by Gasteiger charge is 2.37. The molecule has 0 fully saturated rings. The molecule has 0 radical (unpaired) electrons. The van der Waals surface area contributed by atoms with Gasteiger partial charge >= 0.3 is 12.2 Å². The van der Waals surface area contributed by atoms with Crippen LogP contribution in [0.15, 0.2) is 54.6 Å². The molecule has 5 rings (SSSR count). The number of urea groups is 1. The van der Waals surface area contributed by atoms with Crippen molar-refractivity contribution in [3.8, 4) is 16.9 Å². The summed E-state index contributed by atoms with van der Waals surface area (Å²) in [6, 6.07) is 13.3. The zero-order chi connectivity index (χ0) is 31.1. The Morgan fingerprint density at radius 3 is 2.37 bits per heavy atom. The number of nitrogens with one attached hydrogen (secondary N) is 1. The maximum absolute atomic E-state index is 15.4. The standard InChI is InChI=1S/C33H35F4N5O/c1-5-21-10-9-11-22(6-2)30(21)42-31(24-17-27(34)29(16-19(24)3)39-32(38)43)25-18-41(15-14-28(25)40-42)20(4)23-12-7-8-13-26(23)33(35,36)37/h7-13,16-17,20H,5-6,14-15,18H2,1-4H3,(H3,38,39,43). The smallest absolute Gasteiger partial charge is 0.351 e. The van der Waals surface area contributed by atoms with Gasteiger partial charge in [-0.1, -0.05) is 50.2 Å². The number of primary amides is 1. The maximum atomic E-state index is 15.4. The summed E-state index contributed by atoms with van der Waals surface area (Å²) in [7, 11) is 0. The largest absolute Gasteiger partial charge is 0.416 e.